The topological polar surface area (TPSA) is 72.7 Å². The Morgan fingerprint density at radius 1 is 1.11 bits per heavy atom. The van der Waals surface area contributed by atoms with Crippen molar-refractivity contribution in [2.75, 3.05) is 27.4 Å². The summed E-state index contributed by atoms with van der Waals surface area (Å²) in [6.45, 7) is 1.69. The predicted octanol–water partition coefficient (Wildman–Crippen LogP) is 2.68. The third kappa shape index (κ3) is 4.45. The number of hydrogen-bond donors (Lipinski definition) is 2. The lowest BCUT2D eigenvalue weighted by Crippen LogP contribution is -2.31. The molecule has 1 aromatic carbocycles. The van der Waals surface area contributed by atoms with E-state index in [4.69, 9.17) is 14.6 Å². The fourth-order valence-corrected chi connectivity index (χ4v) is 4.00. The molecule has 0 spiro atoms. The Morgan fingerprint density at radius 3 is 2.48 bits per heavy atom. The van der Waals surface area contributed by atoms with Crippen LogP contribution in [0.5, 0.6) is 11.5 Å². The summed E-state index contributed by atoms with van der Waals surface area (Å²) in [6, 6.07) is 5.76. The van der Waals surface area contributed by atoms with Crippen LogP contribution in [-0.4, -0.2) is 37.0 Å². The molecule has 0 radical (unpaired) electrons. The minimum Gasteiger partial charge on any atom is -0.493 e. The van der Waals surface area contributed by atoms with E-state index in [1.54, 1.807) is 14.2 Å². The molecule has 0 saturated heterocycles. The van der Waals surface area contributed by atoms with Crippen LogP contribution in [0.1, 0.15) is 37.7 Å². The number of hydrogen-bond acceptors (Lipinski definition) is 5. The number of aliphatic hydroxyl groups is 1. The summed E-state index contributed by atoms with van der Waals surface area (Å²) in [6.07, 6.45) is 6.13. The van der Waals surface area contributed by atoms with Gasteiger partial charge in [0.2, 0.25) is 0 Å². The van der Waals surface area contributed by atoms with Crippen LogP contribution in [0.25, 0.3) is 10.9 Å². The Kier molecular flexibility index (Phi) is 6.74. The molecule has 1 saturated carbocycles. The molecule has 6 heteroatoms. The fourth-order valence-electron chi connectivity index (χ4n) is 4.00. The molecule has 148 valence electrons. The van der Waals surface area contributed by atoms with Crippen LogP contribution in [0.2, 0.25) is 0 Å². The number of benzene rings is 1. The Bertz CT molecular complexity index is 825. The zero-order chi connectivity index (χ0) is 19.2. The summed E-state index contributed by atoms with van der Waals surface area (Å²) in [7, 11) is 3.23. The molecule has 0 unspecified atom stereocenters. The lowest BCUT2D eigenvalue weighted by atomic mass is 9.89. The molecule has 1 aromatic heterocycles. The van der Waals surface area contributed by atoms with Gasteiger partial charge in [-0.3, -0.25) is 4.79 Å². The Balaban J connectivity index is 2.08. The number of nitrogens with zero attached hydrogens (tertiary/aromatic N) is 1. The molecule has 0 bridgehead atoms. The second kappa shape index (κ2) is 9.24. The maximum atomic E-state index is 13.2. The van der Waals surface area contributed by atoms with Crippen molar-refractivity contribution in [3.8, 4) is 11.5 Å². The highest BCUT2D eigenvalue weighted by Gasteiger charge is 2.19. The van der Waals surface area contributed by atoms with Gasteiger partial charge in [-0.2, -0.15) is 0 Å². The molecule has 0 aliphatic heterocycles. The monoisotopic (exact) mass is 374 g/mol. The number of pyridine rings is 1. The molecule has 3 rings (SSSR count). The number of aromatic nitrogens is 1. The van der Waals surface area contributed by atoms with Gasteiger partial charge in [-0.15, -0.1) is 0 Å². The van der Waals surface area contributed by atoms with E-state index in [0.29, 0.717) is 36.1 Å². The van der Waals surface area contributed by atoms with E-state index in [0.717, 1.165) is 17.4 Å². The van der Waals surface area contributed by atoms with Gasteiger partial charge in [0.25, 0.3) is 5.56 Å². The minimum absolute atomic E-state index is 0.0331. The van der Waals surface area contributed by atoms with E-state index in [-0.39, 0.29) is 12.2 Å². The zero-order valence-electron chi connectivity index (χ0n) is 16.3. The van der Waals surface area contributed by atoms with Gasteiger partial charge in [0, 0.05) is 36.7 Å². The summed E-state index contributed by atoms with van der Waals surface area (Å²) >= 11 is 0. The van der Waals surface area contributed by atoms with E-state index < -0.39 is 0 Å². The molecule has 1 aliphatic carbocycles. The van der Waals surface area contributed by atoms with Gasteiger partial charge in [0.15, 0.2) is 11.5 Å². The average molecular weight is 374 g/mol. The third-order valence-electron chi connectivity index (χ3n) is 5.44. The first-order valence-electron chi connectivity index (χ1n) is 9.78. The summed E-state index contributed by atoms with van der Waals surface area (Å²) in [5.74, 6) is 1.82. The first kappa shape index (κ1) is 19.7. The SMILES string of the molecule is COc1cc2cc(CNCCO)c(=O)n(CC3CCCCC3)c2cc1OC. The smallest absolute Gasteiger partial charge is 0.255 e. The van der Waals surface area contributed by atoms with E-state index >= 15 is 0 Å². The molecule has 1 aliphatic rings. The molecular formula is C21H30N2O4. The number of ether oxygens (including phenoxy) is 2. The van der Waals surface area contributed by atoms with Crippen molar-refractivity contribution in [1.29, 1.82) is 0 Å². The second-order valence-corrected chi connectivity index (χ2v) is 7.26. The van der Waals surface area contributed by atoms with Gasteiger partial charge in [0.05, 0.1) is 26.3 Å². The van der Waals surface area contributed by atoms with Crippen LogP contribution in [0.15, 0.2) is 23.0 Å². The van der Waals surface area contributed by atoms with Gasteiger partial charge in [-0.25, -0.2) is 0 Å². The number of rotatable bonds is 8. The van der Waals surface area contributed by atoms with Gasteiger partial charge < -0.3 is 24.5 Å². The first-order valence-corrected chi connectivity index (χ1v) is 9.78. The van der Waals surface area contributed by atoms with E-state index in [2.05, 4.69) is 5.32 Å². The second-order valence-electron chi connectivity index (χ2n) is 7.26. The summed E-state index contributed by atoms with van der Waals surface area (Å²) in [4.78, 5) is 13.2. The standard InChI is InChI=1S/C21H30N2O4/c1-26-19-11-16-10-17(13-22-8-9-24)21(25)23(18(16)12-20(19)27-2)14-15-6-4-3-5-7-15/h10-12,15,22,24H,3-9,13-14H2,1-2H3. The molecule has 1 fully saturated rings. The molecule has 0 atom stereocenters. The molecule has 2 aromatic rings. The lowest BCUT2D eigenvalue weighted by molar-refractivity contribution is 0.291. The normalized spacial score (nSPS) is 15.2. The summed E-state index contributed by atoms with van der Waals surface area (Å²) < 4.78 is 12.8. The summed E-state index contributed by atoms with van der Waals surface area (Å²) in [5.41, 5.74) is 1.62. The van der Waals surface area contributed by atoms with Crippen LogP contribution in [0.4, 0.5) is 0 Å². The molecule has 2 N–H and O–H groups in total. The van der Waals surface area contributed by atoms with Crippen molar-refractivity contribution in [2.45, 2.75) is 45.2 Å². The Labute approximate surface area is 160 Å². The lowest BCUT2D eigenvalue weighted by Gasteiger charge is -2.24. The van der Waals surface area contributed by atoms with Crippen LogP contribution < -0.4 is 20.3 Å². The number of fused-ring (bicyclic) bond motifs is 1. The van der Waals surface area contributed by atoms with Crippen molar-refractivity contribution in [3.63, 3.8) is 0 Å². The fraction of sp³-hybridized carbons (Fsp3) is 0.571. The molecular weight excluding hydrogens is 344 g/mol. The van der Waals surface area contributed by atoms with E-state index in [1.807, 2.05) is 22.8 Å². The highest BCUT2D eigenvalue weighted by molar-refractivity contribution is 5.83. The average Bonchev–Trinajstić information content (AvgIpc) is 2.70. The predicted molar refractivity (Wildman–Crippen MR) is 107 cm³/mol. The first-order chi connectivity index (χ1) is 13.2. The zero-order valence-corrected chi connectivity index (χ0v) is 16.3. The van der Waals surface area contributed by atoms with E-state index in [9.17, 15) is 4.79 Å². The van der Waals surface area contributed by atoms with Crippen molar-refractivity contribution in [1.82, 2.24) is 9.88 Å². The quantitative estimate of drug-likeness (QED) is 0.695. The van der Waals surface area contributed by atoms with Crippen molar-refractivity contribution in [2.24, 2.45) is 5.92 Å². The van der Waals surface area contributed by atoms with Crippen molar-refractivity contribution >= 4 is 10.9 Å². The van der Waals surface area contributed by atoms with Gasteiger partial charge >= 0.3 is 0 Å². The summed E-state index contributed by atoms with van der Waals surface area (Å²) in [5, 5.41) is 13.1. The number of nitrogens with one attached hydrogen (secondary N) is 1. The maximum absolute atomic E-state index is 13.2. The molecule has 0 amide bonds. The minimum atomic E-state index is 0.0331. The van der Waals surface area contributed by atoms with Gasteiger partial charge in [-0.1, -0.05) is 19.3 Å². The van der Waals surface area contributed by atoms with Gasteiger partial charge in [0.1, 0.15) is 0 Å². The number of methoxy groups -OCH3 is 2. The van der Waals surface area contributed by atoms with Crippen LogP contribution in [0, 0.1) is 5.92 Å². The van der Waals surface area contributed by atoms with E-state index in [1.165, 1.54) is 32.1 Å². The van der Waals surface area contributed by atoms with Crippen molar-refractivity contribution in [3.05, 3.63) is 34.1 Å². The highest BCUT2D eigenvalue weighted by Crippen LogP contribution is 2.33. The van der Waals surface area contributed by atoms with Crippen LogP contribution >= 0.6 is 0 Å². The van der Waals surface area contributed by atoms with Gasteiger partial charge in [-0.05, 0) is 30.9 Å². The third-order valence-corrected chi connectivity index (χ3v) is 5.44. The van der Waals surface area contributed by atoms with Crippen molar-refractivity contribution < 1.29 is 14.6 Å². The maximum Gasteiger partial charge on any atom is 0.255 e. The Morgan fingerprint density at radius 2 is 1.81 bits per heavy atom. The van der Waals surface area contributed by atoms with Crippen LogP contribution in [-0.2, 0) is 13.1 Å². The molecule has 27 heavy (non-hydrogen) atoms. The largest absolute Gasteiger partial charge is 0.493 e. The molecule has 1 heterocycles. The highest BCUT2D eigenvalue weighted by atomic mass is 16.5. The number of aliphatic hydroxyl groups excluding tert-OH is 1. The van der Waals surface area contributed by atoms with Crippen LogP contribution in [0.3, 0.4) is 0 Å². The Hall–Kier alpha value is -2.05. The molecule has 6 nitrogen and oxygen atoms in total.